The molecule has 0 unspecified atom stereocenters. The average molecular weight is 162 g/mol. The Balaban J connectivity index is 2.45. The first-order valence-electron chi connectivity index (χ1n) is 3.35. The van der Waals surface area contributed by atoms with Crippen LogP contribution in [0.3, 0.4) is 0 Å². The summed E-state index contributed by atoms with van der Waals surface area (Å²) < 4.78 is 4.70. The van der Waals surface area contributed by atoms with Gasteiger partial charge in [0, 0.05) is 11.6 Å². The summed E-state index contributed by atoms with van der Waals surface area (Å²) in [6, 6.07) is 3.42. The van der Waals surface area contributed by atoms with Crippen LogP contribution < -0.4 is 5.73 Å². The molecule has 60 valence electrons. The van der Waals surface area contributed by atoms with Crippen LogP contribution in [0.4, 0.5) is 5.88 Å². The highest BCUT2D eigenvalue weighted by atomic mass is 16.5. The zero-order chi connectivity index (χ0) is 8.39. The van der Waals surface area contributed by atoms with E-state index in [0.717, 1.165) is 5.56 Å². The summed E-state index contributed by atoms with van der Waals surface area (Å²) in [7, 11) is 0. The molecule has 0 amide bonds. The SMILES string of the molecule is Nc1cc(-c2ccnnc2)no1. The van der Waals surface area contributed by atoms with E-state index in [1.807, 2.05) is 0 Å². The highest BCUT2D eigenvalue weighted by molar-refractivity contribution is 5.59. The zero-order valence-electron chi connectivity index (χ0n) is 6.14. The summed E-state index contributed by atoms with van der Waals surface area (Å²) in [4.78, 5) is 0. The normalized spacial score (nSPS) is 10.0. The average Bonchev–Trinajstić information content (AvgIpc) is 2.54. The smallest absolute Gasteiger partial charge is 0.222 e. The Kier molecular flexibility index (Phi) is 1.48. The van der Waals surface area contributed by atoms with Crippen LogP contribution in [-0.2, 0) is 0 Å². The molecule has 2 aromatic rings. The molecular formula is C7H6N4O. The topological polar surface area (TPSA) is 77.8 Å². The molecule has 0 saturated heterocycles. The Morgan fingerprint density at radius 2 is 2.25 bits per heavy atom. The van der Waals surface area contributed by atoms with Gasteiger partial charge < -0.3 is 10.3 Å². The van der Waals surface area contributed by atoms with Crippen LogP contribution in [0.2, 0.25) is 0 Å². The minimum atomic E-state index is 0.293. The second-order valence-electron chi connectivity index (χ2n) is 2.25. The summed E-state index contributed by atoms with van der Waals surface area (Å²) in [6.45, 7) is 0. The molecule has 0 bridgehead atoms. The zero-order valence-corrected chi connectivity index (χ0v) is 6.14. The first-order valence-corrected chi connectivity index (χ1v) is 3.35. The number of hydrogen-bond acceptors (Lipinski definition) is 5. The summed E-state index contributed by atoms with van der Waals surface area (Å²) in [5.41, 5.74) is 6.86. The monoisotopic (exact) mass is 162 g/mol. The van der Waals surface area contributed by atoms with Crippen molar-refractivity contribution in [3.63, 3.8) is 0 Å². The van der Waals surface area contributed by atoms with E-state index in [0.29, 0.717) is 11.6 Å². The Morgan fingerprint density at radius 3 is 2.83 bits per heavy atom. The van der Waals surface area contributed by atoms with E-state index in [1.54, 1.807) is 24.5 Å². The predicted octanol–water partition coefficient (Wildman–Crippen LogP) is 0.714. The maximum Gasteiger partial charge on any atom is 0.222 e. The highest BCUT2D eigenvalue weighted by Crippen LogP contribution is 2.17. The molecule has 0 aliphatic carbocycles. The van der Waals surface area contributed by atoms with Crippen molar-refractivity contribution in [3.8, 4) is 11.3 Å². The van der Waals surface area contributed by atoms with Gasteiger partial charge in [-0.05, 0) is 6.07 Å². The third-order valence-electron chi connectivity index (χ3n) is 1.41. The lowest BCUT2D eigenvalue weighted by atomic mass is 10.2. The van der Waals surface area contributed by atoms with E-state index < -0.39 is 0 Å². The molecule has 5 nitrogen and oxygen atoms in total. The third kappa shape index (κ3) is 1.12. The largest absolute Gasteiger partial charge is 0.368 e. The molecule has 2 aromatic heterocycles. The Labute approximate surface area is 68.2 Å². The van der Waals surface area contributed by atoms with Crippen LogP contribution >= 0.6 is 0 Å². The van der Waals surface area contributed by atoms with Crippen LogP contribution in [0.1, 0.15) is 0 Å². The lowest BCUT2D eigenvalue weighted by Crippen LogP contribution is -1.81. The van der Waals surface area contributed by atoms with E-state index in [1.165, 1.54) is 0 Å². The third-order valence-corrected chi connectivity index (χ3v) is 1.41. The van der Waals surface area contributed by atoms with Gasteiger partial charge in [-0.25, -0.2) is 0 Å². The number of aromatic nitrogens is 3. The number of nitrogens with two attached hydrogens (primary N) is 1. The van der Waals surface area contributed by atoms with Crippen molar-refractivity contribution in [2.24, 2.45) is 0 Å². The quantitative estimate of drug-likeness (QED) is 0.668. The van der Waals surface area contributed by atoms with E-state index in [4.69, 9.17) is 10.3 Å². The van der Waals surface area contributed by atoms with E-state index in [-0.39, 0.29) is 0 Å². The van der Waals surface area contributed by atoms with Crippen molar-refractivity contribution in [1.29, 1.82) is 0 Å². The number of nitrogen functional groups attached to an aromatic ring is 1. The Morgan fingerprint density at radius 1 is 1.33 bits per heavy atom. The molecule has 0 atom stereocenters. The fraction of sp³-hybridized carbons (Fsp3) is 0. The molecule has 2 heterocycles. The Bertz CT molecular complexity index is 370. The van der Waals surface area contributed by atoms with Crippen LogP contribution in [0, 0.1) is 0 Å². The van der Waals surface area contributed by atoms with Crippen LogP contribution in [0.15, 0.2) is 29.0 Å². The maximum absolute atomic E-state index is 5.35. The number of nitrogens with zero attached hydrogens (tertiary/aromatic N) is 3. The van der Waals surface area contributed by atoms with Crippen molar-refractivity contribution in [1.82, 2.24) is 15.4 Å². The maximum atomic E-state index is 5.35. The minimum Gasteiger partial charge on any atom is -0.368 e. The fourth-order valence-corrected chi connectivity index (χ4v) is 0.868. The van der Waals surface area contributed by atoms with Gasteiger partial charge in [0.2, 0.25) is 5.88 Å². The van der Waals surface area contributed by atoms with Gasteiger partial charge in [-0.1, -0.05) is 5.16 Å². The van der Waals surface area contributed by atoms with Crippen molar-refractivity contribution in [2.75, 3.05) is 5.73 Å². The number of anilines is 1. The first-order chi connectivity index (χ1) is 5.86. The van der Waals surface area contributed by atoms with Gasteiger partial charge in [-0.3, -0.25) is 0 Å². The molecular weight excluding hydrogens is 156 g/mol. The Hall–Kier alpha value is -1.91. The van der Waals surface area contributed by atoms with Gasteiger partial charge in [0.15, 0.2) is 0 Å². The lowest BCUT2D eigenvalue weighted by Gasteiger charge is -1.89. The second-order valence-corrected chi connectivity index (χ2v) is 2.25. The van der Waals surface area contributed by atoms with Crippen molar-refractivity contribution < 1.29 is 4.52 Å². The molecule has 2 N–H and O–H groups in total. The standard InChI is InChI=1S/C7H6N4O/c8-7-3-6(11-12-7)5-1-2-9-10-4-5/h1-4H,8H2. The number of rotatable bonds is 1. The number of hydrogen-bond donors (Lipinski definition) is 1. The fourth-order valence-electron chi connectivity index (χ4n) is 0.868. The minimum absolute atomic E-state index is 0.293. The lowest BCUT2D eigenvalue weighted by molar-refractivity contribution is 0.439. The molecule has 0 spiro atoms. The molecule has 0 aromatic carbocycles. The van der Waals surface area contributed by atoms with Crippen molar-refractivity contribution in [2.45, 2.75) is 0 Å². The van der Waals surface area contributed by atoms with E-state index >= 15 is 0 Å². The van der Waals surface area contributed by atoms with Crippen LogP contribution in [-0.4, -0.2) is 15.4 Å². The first kappa shape index (κ1) is 6.78. The molecule has 0 radical (unpaired) electrons. The van der Waals surface area contributed by atoms with E-state index in [2.05, 4.69) is 15.4 Å². The summed E-state index contributed by atoms with van der Waals surface area (Å²) in [6.07, 6.45) is 3.18. The van der Waals surface area contributed by atoms with Gasteiger partial charge in [-0.15, -0.1) is 0 Å². The summed E-state index contributed by atoms with van der Waals surface area (Å²) >= 11 is 0. The van der Waals surface area contributed by atoms with Crippen LogP contribution in [0.25, 0.3) is 11.3 Å². The summed E-state index contributed by atoms with van der Waals surface area (Å²) in [5.74, 6) is 0.293. The van der Waals surface area contributed by atoms with E-state index in [9.17, 15) is 0 Å². The van der Waals surface area contributed by atoms with Crippen molar-refractivity contribution in [3.05, 3.63) is 24.5 Å². The van der Waals surface area contributed by atoms with Gasteiger partial charge in [0.1, 0.15) is 5.69 Å². The van der Waals surface area contributed by atoms with Gasteiger partial charge >= 0.3 is 0 Å². The molecule has 2 rings (SSSR count). The highest BCUT2D eigenvalue weighted by Gasteiger charge is 2.02. The second kappa shape index (κ2) is 2.61. The molecule has 12 heavy (non-hydrogen) atoms. The van der Waals surface area contributed by atoms with Gasteiger partial charge in [0.25, 0.3) is 0 Å². The van der Waals surface area contributed by atoms with Gasteiger partial charge in [-0.2, -0.15) is 10.2 Å². The molecule has 0 aliphatic heterocycles. The van der Waals surface area contributed by atoms with Crippen molar-refractivity contribution >= 4 is 5.88 Å². The molecule has 5 heteroatoms. The summed E-state index contributed by atoms with van der Waals surface area (Å²) in [5, 5.41) is 11.1. The van der Waals surface area contributed by atoms with Gasteiger partial charge in [0.05, 0.1) is 12.4 Å². The molecule has 0 aliphatic rings. The predicted molar refractivity (Wildman–Crippen MR) is 41.9 cm³/mol. The molecule has 0 fully saturated rings. The van der Waals surface area contributed by atoms with Crippen LogP contribution in [0.5, 0.6) is 0 Å². The molecule has 0 saturated carbocycles.